The van der Waals surface area contributed by atoms with Gasteiger partial charge in [-0.3, -0.25) is 9.78 Å². The smallest absolute Gasteiger partial charge is 0.230 e. The van der Waals surface area contributed by atoms with E-state index in [4.69, 9.17) is 0 Å². The van der Waals surface area contributed by atoms with Crippen molar-refractivity contribution in [3.63, 3.8) is 0 Å². The fraction of sp³-hybridized carbons (Fsp3) is 0.643. The van der Waals surface area contributed by atoms with Crippen molar-refractivity contribution >= 4 is 11.7 Å². The van der Waals surface area contributed by atoms with Crippen LogP contribution in [0.3, 0.4) is 0 Å². The monoisotopic (exact) mass is 262 g/mol. The van der Waals surface area contributed by atoms with Gasteiger partial charge in [-0.2, -0.15) is 0 Å². The molecule has 0 bridgehead atoms. The molecule has 1 aromatic rings. The van der Waals surface area contributed by atoms with Gasteiger partial charge in [0.2, 0.25) is 5.91 Å². The lowest BCUT2D eigenvalue weighted by Gasteiger charge is -2.31. The number of nitrogens with one attached hydrogen (secondary N) is 1. The normalized spacial score (nSPS) is 17.2. The summed E-state index contributed by atoms with van der Waals surface area (Å²) in [5.74, 6) is 0.968. The quantitative estimate of drug-likeness (QED) is 0.899. The first kappa shape index (κ1) is 13.8. The summed E-state index contributed by atoms with van der Waals surface area (Å²) in [6.07, 6.45) is 7.59. The zero-order valence-electron chi connectivity index (χ0n) is 11.9. The number of amides is 1. The molecule has 1 aliphatic rings. The highest BCUT2D eigenvalue weighted by atomic mass is 16.2. The molecule has 0 spiro atoms. The number of carbonyl (C=O) groups excluding carboxylic acids is 1. The molecule has 0 aliphatic heterocycles. The molecule has 19 heavy (non-hydrogen) atoms. The Morgan fingerprint density at radius 1 is 1.37 bits per heavy atom. The van der Waals surface area contributed by atoms with Crippen LogP contribution in [0.15, 0.2) is 12.4 Å². The first-order chi connectivity index (χ1) is 9.03. The van der Waals surface area contributed by atoms with Crippen LogP contribution >= 0.6 is 0 Å². The summed E-state index contributed by atoms with van der Waals surface area (Å²) in [7, 11) is 3.66. The van der Waals surface area contributed by atoms with Gasteiger partial charge in [-0.05, 0) is 19.8 Å². The third-order valence-electron chi connectivity index (χ3n) is 3.78. The maximum atomic E-state index is 12.4. The van der Waals surface area contributed by atoms with E-state index in [0.29, 0.717) is 6.54 Å². The molecule has 1 fully saturated rings. The van der Waals surface area contributed by atoms with Gasteiger partial charge in [0, 0.05) is 26.8 Å². The van der Waals surface area contributed by atoms with Crippen LogP contribution in [0.1, 0.15) is 31.4 Å². The van der Waals surface area contributed by atoms with Gasteiger partial charge < -0.3 is 10.2 Å². The highest BCUT2D eigenvalue weighted by Gasteiger charge is 2.41. The van der Waals surface area contributed by atoms with Crippen LogP contribution in [0.25, 0.3) is 0 Å². The van der Waals surface area contributed by atoms with Crippen LogP contribution in [-0.4, -0.2) is 41.4 Å². The summed E-state index contributed by atoms with van der Waals surface area (Å²) >= 11 is 0. The first-order valence-corrected chi connectivity index (χ1v) is 6.78. The lowest BCUT2D eigenvalue weighted by molar-refractivity contribution is -0.138. The van der Waals surface area contributed by atoms with E-state index in [0.717, 1.165) is 37.2 Å². The van der Waals surface area contributed by atoms with E-state index in [9.17, 15) is 4.79 Å². The number of hydrogen-bond acceptors (Lipinski definition) is 4. The molecule has 1 aromatic heterocycles. The topological polar surface area (TPSA) is 58.1 Å². The van der Waals surface area contributed by atoms with Crippen molar-refractivity contribution in [2.45, 2.75) is 32.6 Å². The maximum Gasteiger partial charge on any atom is 0.230 e. The second-order valence-electron chi connectivity index (χ2n) is 5.59. The number of anilines is 1. The fourth-order valence-corrected chi connectivity index (χ4v) is 2.80. The Morgan fingerprint density at radius 2 is 2.05 bits per heavy atom. The summed E-state index contributed by atoms with van der Waals surface area (Å²) in [5.41, 5.74) is 0.610. The molecule has 5 nitrogen and oxygen atoms in total. The molecule has 0 atom stereocenters. The van der Waals surface area contributed by atoms with E-state index >= 15 is 0 Å². The van der Waals surface area contributed by atoms with Gasteiger partial charge in [-0.25, -0.2) is 4.98 Å². The Balaban J connectivity index is 2.08. The first-order valence-electron chi connectivity index (χ1n) is 6.78. The highest BCUT2D eigenvalue weighted by Crippen LogP contribution is 2.39. The van der Waals surface area contributed by atoms with Crippen LogP contribution < -0.4 is 5.32 Å². The van der Waals surface area contributed by atoms with Gasteiger partial charge in [-0.1, -0.05) is 12.8 Å². The lowest BCUT2D eigenvalue weighted by Crippen LogP contribution is -2.43. The van der Waals surface area contributed by atoms with Crippen molar-refractivity contribution in [1.82, 2.24) is 14.9 Å². The minimum absolute atomic E-state index is 0.220. The Kier molecular flexibility index (Phi) is 4.02. The van der Waals surface area contributed by atoms with Gasteiger partial charge in [-0.15, -0.1) is 0 Å². The molecule has 0 radical (unpaired) electrons. The van der Waals surface area contributed by atoms with Crippen LogP contribution in [0.2, 0.25) is 0 Å². The van der Waals surface area contributed by atoms with E-state index < -0.39 is 0 Å². The predicted molar refractivity (Wildman–Crippen MR) is 74.9 cm³/mol. The number of nitrogens with zero attached hydrogens (tertiary/aromatic N) is 3. The molecular weight excluding hydrogens is 240 g/mol. The molecule has 1 saturated carbocycles. The van der Waals surface area contributed by atoms with Crippen molar-refractivity contribution in [3.8, 4) is 0 Å². The lowest BCUT2D eigenvalue weighted by atomic mass is 9.84. The highest BCUT2D eigenvalue weighted by molar-refractivity contribution is 5.83. The number of carbonyl (C=O) groups is 1. The van der Waals surface area contributed by atoms with E-state index in [-0.39, 0.29) is 11.3 Å². The van der Waals surface area contributed by atoms with Crippen LogP contribution in [-0.2, 0) is 4.79 Å². The second kappa shape index (κ2) is 5.55. The molecule has 1 N–H and O–H groups in total. The summed E-state index contributed by atoms with van der Waals surface area (Å²) in [5, 5.41) is 3.28. The van der Waals surface area contributed by atoms with Crippen LogP contribution in [0.4, 0.5) is 5.82 Å². The summed E-state index contributed by atoms with van der Waals surface area (Å²) in [6, 6.07) is 0. The average molecular weight is 262 g/mol. The number of rotatable bonds is 4. The van der Waals surface area contributed by atoms with Crippen molar-refractivity contribution in [3.05, 3.63) is 18.1 Å². The molecule has 0 unspecified atom stereocenters. The molecule has 0 saturated heterocycles. The largest absolute Gasteiger partial charge is 0.368 e. The van der Waals surface area contributed by atoms with Gasteiger partial charge >= 0.3 is 0 Å². The molecule has 5 heteroatoms. The zero-order chi connectivity index (χ0) is 13.9. The van der Waals surface area contributed by atoms with Gasteiger partial charge in [0.05, 0.1) is 17.3 Å². The third kappa shape index (κ3) is 3.03. The maximum absolute atomic E-state index is 12.4. The van der Waals surface area contributed by atoms with Gasteiger partial charge in [0.15, 0.2) is 0 Å². The Morgan fingerprint density at radius 3 is 2.63 bits per heavy atom. The molecule has 1 heterocycles. The molecule has 1 aliphatic carbocycles. The summed E-state index contributed by atoms with van der Waals surface area (Å²) in [6.45, 7) is 2.55. The minimum Gasteiger partial charge on any atom is -0.368 e. The molecule has 2 rings (SSSR count). The van der Waals surface area contributed by atoms with Crippen LogP contribution in [0, 0.1) is 12.3 Å². The average Bonchev–Trinajstić information content (AvgIpc) is 2.85. The van der Waals surface area contributed by atoms with E-state index in [1.165, 1.54) is 0 Å². The zero-order valence-corrected chi connectivity index (χ0v) is 11.9. The number of aryl methyl sites for hydroxylation is 1. The second-order valence-corrected chi connectivity index (χ2v) is 5.59. The SMILES string of the molecule is Cc1cncc(NCC2(C(=O)N(C)C)CCCC2)n1. The summed E-state index contributed by atoms with van der Waals surface area (Å²) in [4.78, 5) is 22.6. The number of hydrogen-bond donors (Lipinski definition) is 1. The summed E-state index contributed by atoms with van der Waals surface area (Å²) < 4.78 is 0. The van der Waals surface area contributed by atoms with E-state index in [2.05, 4.69) is 15.3 Å². The minimum atomic E-state index is -0.269. The van der Waals surface area contributed by atoms with Crippen molar-refractivity contribution in [2.24, 2.45) is 5.41 Å². The van der Waals surface area contributed by atoms with E-state index in [1.807, 2.05) is 21.0 Å². The van der Waals surface area contributed by atoms with Crippen LogP contribution in [0.5, 0.6) is 0 Å². The molecule has 104 valence electrons. The molecular formula is C14H22N4O. The Bertz CT molecular complexity index is 453. The molecule has 1 amide bonds. The van der Waals surface area contributed by atoms with Crippen molar-refractivity contribution in [1.29, 1.82) is 0 Å². The predicted octanol–water partition coefficient (Wildman–Crippen LogP) is 1.85. The molecule has 0 aromatic carbocycles. The fourth-order valence-electron chi connectivity index (χ4n) is 2.80. The van der Waals surface area contributed by atoms with Crippen molar-refractivity contribution in [2.75, 3.05) is 26.0 Å². The standard InChI is InChI=1S/C14H22N4O/c1-11-8-15-9-12(17-11)16-10-14(6-4-5-7-14)13(19)18(2)3/h8-9H,4-7,10H2,1-3H3,(H,16,17). The number of aromatic nitrogens is 2. The Labute approximate surface area is 114 Å². The van der Waals surface area contributed by atoms with Gasteiger partial charge in [0.25, 0.3) is 0 Å². The Hall–Kier alpha value is -1.65. The van der Waals surface area contributed by atoms with E-state index in [1.54, 1.807) is 17.3 Å². The van der Waals surface area contributed by atoms with Gasteiger partial charge in [0.1, 0.15) is 5.82 Å². The third-order valence-corrected chi connectivity index (χ3v) is 3.78. The van der Waals surface area contributed by atoms with Crippen molar-refractivity contribution < 1.29 is 4.79 Å².